The van der Waals surface area contributed by atoms with E-state index in [1.807, 2.05) is 0 Å². The summed E-state index contributed by atoms with van der Waals surface area (Å²) in [5.74, 6) is 0.969. The zero-order valence-corrected chi connectivity index (χ0v) is 15.1. The minimum absolute atomic E-state index is 0.322. The van der Waals surface area contributed by atoms with E-state index in [0.29, 0.717) is 5.41 Å². The average Bonchev–Trinajstić information content (AvgIpc) is 3.36. The molecule has 0 saturated heterocycles. The summed E-state index contributed by atoms with van der Waals surface area (Å²) in [6.45, 7) is 11.3. The van der Waals surface area contributed by atoms with E-state index in [2.05, 4.69) is 43.9 Å². The number of aryl methyl sites for hydroxylation is 2. The first-order valence-corrected chi connectivity index (χ1v) is 9.61. The number of hydrogen-bond acceptors (Lipinski definition) is 1. The predicted molar refractivity (Wildman–Crippen MR) is 100 cm³/mol. The molecule has 1 fully saturated rings. The lowest BCUT2D eigenvalue weighted by Crippen LogP contribution is -2.36. The molecule has 3 rings (SSSR count). The van der Waals surface area contributed by atoms with Crippen LogP contribution in [-0.2, 0) is 11.8 Å². The van der Waals surface area contributed by atoms with Crippen LogP contribution in [0.5, 0.6) is 0 Å². The standard InChI is InChI=1S/C22H33N/c1-4-17(2)15-22(13-14-23-16-19-10-11-19)12-6-9-20-8-5-7-18(3)21(20)22/h5,7-8,19,23H,2,4,6,9-16H2,1,3H3/t22-/m0/s1. The lowest BCUT2D eigenvalue weighted by molar-refractivity contribution is 0.320. The molecule has 0 unspecified atom stereocenters. The lowest BCUT2D eigenvalue weighted by atomic mass is 9.63. The van der Waals surface area contributed by atoms with Crippen molar-refractivity contribution in [3.8, 4) is 0 Å². The smallest absolute Gasteiger partial charge is 0.000751 e. The van der Waals surface area contributed by atoms with Crippen LogP contribution < -0.4 is 5.32 Å². The third kappa shape index (κ3) is 3.88. The maximum absolute atomic E-state index is 4.36. The van der Waals surface area contributed by atoms with Crippen molar-refractivity contribution in [3.63, 3.8) is 0 Å². The molecule has 0 aromatic heterocycles. The van der Waals surface area contributed by atoms with Gasteiger partial charge in [0.05, 0.1) is 0 Å². The number of allylic oxidation sites excluding steroid dienone is 1. The lowest BCUT2D eigenvalue weighted by Gasteiger charge is -2.41. The number of benzene rings is 1. The van der Waals surface area contributed by atoms with Crippen LogP contribution in [0.4, 0.5) is 0 Å². The molecule has 0 spiro atoms. The Bertz CT molecular complexity index is 555. The van der Waals surface area contributed by atoms with Crippen LogP contribution in [0.25, 0.3) is 0 Å². The minimum atomic E-state index is 0.322. The largest absolute Gasteiger partial charge is 0.316 e. The summed E-state index contributed by atoms with van der Waals surface area (Å²) in [5.41, 5.74) is 6.50. The molecule has 1 nitrogen and oxygen atoms in total. The highest BCUT2D eigenvalue weighted by Gasteiger charge is 2.37. The Labute approximate surface area is 142 Å². The normalized spacial score (nSPS) is 23.6. The SMILES string of the molecule is C=C(CC)C[C@@]1(CCNCC2CC2)CCCc2cccc(C)c21. The van der Waals surface area contributed by atoms with E-state index >= 15 is 0 Å². The number of hydrogen-bond donors (Lipinski definition) is 1. The van der Waals surface area contributed by atoms with Crippen molar-refractivity contribution < 1.29 is 0 Å². The highest BCUT2D eigenvalue weighted by molar-refractivity contribution is 5.43. The molecular weight excluding hydrogens is 278 g/mol. The van der Waals surface area contributed by atoms with E-state index in [1.54, 1.807) is 11.1 Å². The zero-order valence-electron chi connectivity index (χ0n) is 15.1. The van der Waals surface area contributed by atoms with Crippen molar-refractivity contribution in [3.05, 3.63) is 47.0 Å². The highest BCUT2D eigenvalue weighted by Crippen LogP contribution is 2.46. The zero-order chi connectivity index (χ0) is 16.3. The van der Waals surface area contributed by atoms with Crippen molar-refractivity contribution in [1.29, 1.82) is 0 Å². The monoisotopic (exact) mass is 311 g/mol. The Morgan fingerprint density at radius 3 is 2.91 bits per heavy atom. The molecule has 0 radical (unpaired) electrons. The van der Waals surface area contributed by atoms with Gasteiger partial charge in [-0.3, -0.25) is 0 Å². The van der Waals surface area contributed by atoms with E-state index in [1.165, 1.54) is 62.6 Å². The van der Waals surface area contributed by atoms with Gasteiger partial charge in [0.1, 0.15) is 0 Å². The second-order valence-corrected chi connectivity index (χ2v) is 7.92. The molecule has 1 aromatic carbocycles. The van der Waals surface area contributed by atoms with Crippen molar-refractivity contribution in [1.82, 2.24) is 5.32 Å². The molecule has 1 saturated carbocycles. The van der Waals surface area contributed by atoms with E-state index in [4.69, 9.17) is 0 Å². The molecule has 1 atom stereocenters. The second-order valence-electron chi connectivity index (χ2n) is 7.92. The molecule has 0 aliphatic heterocycles. The van der Waals surface area contributed by atoms with Crippen LogP contribution in [0.3, 0.4) is 0 Å². The predicted octanol–water partition coefficient (Wildman–Crippen LogP) is 5.32. The molecular formula is C22H33N. The first-order valence-electron chi connectivity index (χ1n) is 9.61. The van der Waals surface area contributed by atoms with E-state index < -0.39 is 0 Å². The molecule has 126 valence electrons. The van der Waals surface area contributed by atoms with Gasteiger partial charge in [0.15, 0.2) is 0 Å². The second kappa shape index (κ2) is 7.21. The molecule has 1 N–H and O–H groups in total. The first-order chi connectivity index (χ1) is 11.1. The summed E-state index contributed by atoms with van der Waals surface area (Å²) >= 11 is 0. The van der Waals surface area contributed by atoms with Crippen LogP contribution >= 0.6 is 0 Å². The summed E-state index contributed by atoms with van der Waals surface area (Å²) in [5, 5.41) is 3.73. The Kier molecular flexibility index (Phi) is 5.26. The molecule has 0 bridgehead atoms. The van der Waals surface area contributed by atoms with Gasteiger partial charge in [0.2, 0.25) is 0 Å². The fraction of sp³-hybridized carbons (Fsp3) is 0.636. The van der Waals surface area contributed by atoms with Gasteiger partial charge in [-0.25, -0.2) is 0 Å². The van der Waals surface area contributed by atoms with Crippen LogP contribution in [0.1, 0.15) is 68.6 Å². The number of fused-ring (bicyclic) bond motifs is 1. The highest BCUT2D eigenvalue weighted by atomic mass is 14.9. The Balaban J connectivity index is 1.81. The summed E-state index contributed by atoms with van der Waals surface area (Å²) in [6, 6.07) is 6.91. The van der Waals surface area contributed by atoms with Gasteiger partial charge >= 0.3 is 0 Å². The fourth-order valence-corrected chi connectivity index (χ4v) is 4.51. The summed E-state index contributed by atoms with van der Waals surface area (Å²) in [7, 11) is 0. The van der Waals surface area contributed by atoms with E-state index in [9.17, 15) is 0 Å². The molecule has 0 heterocycles. The third-order valence-electron chi connectivity index (χ3n) is 5.99. The van der Waals surface area contributed by atoms with E-state index in [0.717, 1.165) is 18.9 Å². The number of rotatable bonds is 8. The van der Waals surface area contributed by atoms with Crippen LogP contribution in [-0.4, -0.2) is 13.1 Å². The summed E-state index contributed by atoms with van der Waals surface area (Å²) in [4.78, 5) is 0. The molecule has 0 amide bonds. The maximum atomic E-state index is 4.36. The minimum Gasteiger partial charge on any atom is -0.316 e. The van der Waals surface area contributed by atoms with Crippen molar-refractivity contribution >= 4 is 0 Å². The summed E-state index contributed by atoms with van der Waals surface area (Å²) in [6.07, 6.45) is 10.3. The Hall–Kier alpha value is -1.08. The molecule has 23 heavy (non-hydrogen) atoms. The number of nitrogens with one attached hydrogen (secondary N) is 1. The van der Waals surface area contributed by atoms with Crippen molar-refractivity contribution in [2.45, 2.75) is 70.6 Å². The molecule has 2 aliphatic carbocycles. The molecule has 1 heteroatoms. The molecule has 1 aromatic rings. The van der Waals surface area contributed by atoms with Crippen molar-refractivity contribution in [2.24, 2.45) is 5.92 Å². The van der Waals surface area contributed by atoms with Gasteiger partial charge in [-0.1, -0.05) is 37.3 Å². The van der Waals surface area contributed by atoms with E-state index in [-0.39, 0.29) is 0 Å². The Morgan fingerprint density at radius 1 is 1.35 bits per heavy atom. The fourth-order valence-electron chi connectivity index (χ4n) is 4.51. The third-order valence-corrected chi connectivity index (χ3v) is 5.99. The maximum Gasteiger partial charge on any atom is 0.000751 e. The van der Waals surface area contributed by atoms with Crippen LogP contribution in [0.2, 0.25) is 0 Å². The quantitative estimate of drug-likeness (QED) is 0.506. The van der Waals surface area contributed by atoms with Gasteiger partial charge < -0.3 is 5.32 Å². The average molecular weight is 312 g/mol. The van der Waals surface area contributed by atoms with Crippen LogP contribution in [0, 0.1) is 12.8 Å². The van der Waals surface area contributed by atoms with Gasteiger partial charge in [-0.05, 0) is 94.0 Å². The molecule has 2 aliphatic rings. The van der Waals surface area contributed by atoms with Gasteiger partial charge in [-0.2, -0.15) is 0 Å². The van der Waals surface area contributed by atoms with Crippen molar-refractivity contribution in [2.75, 3.05) is 13.1 Å². The topological polar surface area (TPSA) is 12.0 Å². The van der Waals surface area contributed by atoms with Gasteiger partial charge in [0, 0.05) is 5.41 Å². The van der Waals surface area contributed by atoms with Gasteiger partial charge in [-0.15, -0.1) is 0 Å². The summed E-state index contributed by atoms with van der Waals surface area (Å²) < 4.78 is 0. The first kappa shape index (κ1) is 16.8. The van der Waals surface area contributed by atoms with Gasteiger partial charge in [0.25, 0.3) is 0 Å². The Morgan fingerprint density at radius 2 is 2.17 bits per heavy atom. The van der Waals surface area contributed by atoms with Crippen LogP contribution in [0.15, 0.2) is 30.4 Å².